The van der Waals surface area contributed by atoms with Gasteiger partial charge in [-0.2, -0.15) is 27.6 Å². The number of fused-ring (bicyclic) bond motifs is 1. The second kappa shape index (κ2) is 14.5. The summed E-state index contributed by atoms with van der Waals surface area (Å²) in [6.07, 6.45) is -2.94. The van der Waals surface area contributed by atoms with E-state index < -0.39 is 59.3 Å². The fraction of sp³-hybridized carbons (Fsp3) is 0.286. The first-order valence-electron chi connectivity index (χ1n) is 13.8. The highest BCUT2D eigenvalue weighted by atomic mass is 32.2. The van der Waals surface area contributed by atoms with Gasteiger partial charge in [0.1, 0.15) is 18.5 Å². The number of hydrogen-bond acceptors (Lipinski definition) is 15. The molecule has 0 spiro atoms. The summed E-state index contributed by atoms with van der Waals surface area (Å²) in [5.41, 5.74) is 7.13. The van der Waals surface area contributed by atoms with E-state index in [9.17, 15) is 23.1 Å². The van der Waals surface area contributed by atoms with Crippen LogP contribution in [0.2, 0.25) is 0 Å². The highest BCUT2D eigenvalue weighted by Crippen LogP contribution is 2.33. The molecule has 19 heteroatoms. The van der Waals surface area contributed by atoms with Crippen molar-refractivity contribution in [3.63, 3.8) is 0 Å². The molecule has 0 aliphatic carbocycles. The van der Waals surface area contributed by atoms with Gasteiger partial charge in [-0.05, 0) is 11.6 Å². The highest BCUT2D eigenvalue weighted by molar-refractivity contribution is 7.85. The summed E-state index contributed by atoms with van der Waals surface area (Å²) in [6, 6.07) is 15.1. The number of aromatic amines is 1. The van der Waals surface area contributed by atoms with Crippen molar-refractivity contribution in [2.24, 2.45) is 4.40 Å². The molecule has 1 fully saturated rings. The Morgan fingerprint density at radius 3 is 2.43 bits per heavy atom. The van der Waals surface area contributed by atoms with E-state index in [4.69, 9.17) is 34.1 Å². The monoisotopic (exact) mass is 672 g/mol. The first-order chi connectivity index (χ1) is 22.5. The molecule has 47 heavy (non-hydrogen) atoms. The van der Waals surface area contributed by atoms with Gasteiger partial charge in [-0.3, -0.25) is 14.8 Å². The van der Waals surface area contributed by atoms with Crippen LogP contribution in [0.15, 0.2) is 71.6 Å². The number of nitrogens with one attached hydrogen (secondary N) is 1. The Bertz CT molecular complexity index is 1870. The Morgan fingerprint density at radius 1 is 1.02 bits per heavy atom. The molecule has 248 valence electrons. The van der Waals surface area contributed by atoms with Crippen LogP contribution in [-0.2, 0) is 55.0 Å². The first kappa shape index (κ1) is 33.2. The second-order valence-electron chi connectivity index (χ2n) is 9.85. The summed E-state index contributed by atoms with van der Waals surface area (Å²) in [5, 5.41) is 13.0. The van der Waals surface area contributed by atoms with Gasteiger partial charge in [0, 0.05) is 25.3 Å². The number of aromatic nitrogens is 4. The summed E-state index contributed by atoms with van der Waals surface area (Å²) < 4.78 is 47.2. The summed E-state index contributed by atoms with van der Waals surface area (Å²) in [6.45, 7) is 1.40. The van der Waals surface area contributed by atoms with E-state index in [1.807, 2.05) is 30.3 Å². The maximum Gasteiger partial charge on any atom is 0.380 e. The molecule has 0 saturated carbocycles. The van der Waals surface area contributed by atoms with Gasteiger partial charge in [-0.15, -0.1) is 0 Å². The standard InChI is InChI=1S/C28H28N6O12S/c1-16(35)43-45-23-21(42-28(24(23)46-44-17(2)36)34-15-32-22-25(29)30-14-31-26(22)34)13-41-47(38,39)33-27(37)19-10-6-7-11-20(19)40-12-18-8-4-3-5-9-18/h3-11,14-15,21,23-24,28H,12-13H2,1-2H3,(H3,29,30,31,33,37)/t21-,23-,24-,28-/m1/s1. The van der Waals surface area contributed by atoms with E-state index in [1.54, 1.807) is 6.07 Å². The maximum atomic E-state index is 13.0. The Kier molecular flexibility index (Phi) is 10.2. The number of carbonyl (C=O) groups excluding carboxylic acids is 2. The van der Waals surface area contributed by atoms with Gasteiger partial charge in [0.15, 0.2) is 30.7 Å². The number of hydrogen-bond donors (Lipinski definition) is 2. The molecule has 1 aliphatic rings. The normalized spacial score (nSPS) is 19.8. The molecule has 0 amide bonds. The van der Waals surface area contributed by atoms with Crippen molar-refractivity contribution in [2.75, 3.05) is 12.3 Å². The van der Waals surface area contributed by atoms with Crippen molar-refractivity contribution in [1.29, 1.82) is 0 Å². The molecule has 0 bridgehead atoms. The summed E-state index contributed by atoms with van der Waals surface area (Å²) in [4.78, 5) is 54.0. The Morgan fingerprint density at radius 2 is 1.70 bits per heavy atom. The van der Waals surface area contributed by atoms with Crippen LogP contribution in [0, 0.1) is 0 Å². The topological polar surface area (TPSA) is 240 Å². The lowest BCUT2D eigenvalue weighted by Crippen LogP contribution is -2.47. The predicted molar refractivity (Wildman–Crippen MR) is 154 cm³/mol. The average Bonchev–Trinajstić information content (AvgIpc) is 3.63. The molecule has 1 aliphatic heterocycles. The number of nitrogen functional groups attached to an aromatic ring is 1. The number of nitrogens with zero attached hydrogens (tertiary/aromatic N) is 4. The number of anilines is 1. The number of para-hydroxylation sites is 1. The second-order valence-corrected chi connectivity index (χ2v) is 11.1. The van der Waals surface area contributed by atoms with Gasteiger partial charge in [-0.25, -0.2) is 18.3 Å². The number of H-pyrrole nitrogens is 1. The lowest BCUT2D eigenvalue weighted by molar-refractivity contribution is -0.749. The van der Waals surface area contributed by atoms with Crippen LogP contribution < -0.4 is 20.1 Å². The average molecular weight is 673 g/mol. The summed E-state index contributed by atoms with van der Waals surface area (Å²) in [5.74, 6) is -2.68. The van der Waals surface area contributed by atoms with Crippen LogP contribution in [0.1, 0.15) is 31.2 Å². The van der Waals surface area contributed by atoms with Crippen LogP contribution >= 0.6 is 0 Å². The number of rotatable bonds is 13. The lowest BCUT2D eigenvalue weighted by atomic mass is 10.1. The highest BCUT2D eigenvalue weighted by Gasteiger charge is 2.53. The number of ether oxygens (including phenoxy) is 2. The molecule has 4 atom stereocenters. The van der Waals surface area contributed by atoms with Crippen molar-refractivity contribution in [3.8, 4) is 5.75 Å². The summed E-state index contributed by atoms with van der Waals surface area (Å²) in [7, 11) is -4.91. The largest absolute Gasteiger partial charge is 0.857 e. The molecule has 1 saturated heterocycles. The third-order valence-corrected chi connectivity index (χ3v) is 7.32. The molecule has 5 rings (SSSR count). The summed E-state index contributed by atoms with van der Waals surface area (Å²) >= 11 is 0. The smallest absolute Gasteiger partial charge is 0.380 e. The molecule has 18 nitrogen and oxygen atoms in total. The minimum atomic E-state index is -4.91. The van der Waals surface area contributed by atoms with E-state index >= 15 is 0 Å². The Balaban J connectivity index is 1.37. The molecule has 3 N–H and O–H groups in total. The minimum absolute atomic E-state index is 0.0983. The van der Waals surface area contributed by atoms with E-state index in [-0.39, 0.29) is 29.4 Å². The zero-order valence-corrected chi connectivity index (χ0v) is 25.6. The number of nitrogens with two attached hydrogens (primary N) is 1. The molecular weight excluding hydrogens is 644 g/mol. The number of imidazole rings is 1. The van der Waals surface area contributed by atoms with E-state index in [0.717, 1.165) is 19.4 Å². The third-order valence-electron chi connectivity index (χ3n) is 6.49. The van der Waals surface area contributed by atoms with Crippen LogP contribution in [-0.4, -0.2) is 66.1 Å². The number of benzene rings is 2. The van der Waals surface area contributed by atoms with Crippen molar-refractivity contribution < 1.29 is 60.9 Å². The Labute approximate surface area is 266 Å². The van der Waals surface area contributed by atoms with Gasteiger partial charge in [0.05, 0.1) is 6.61 Å². The molecule has 2 aromatic carbocycles. The van der Waals surface area contributed by atoms with Gasteiger partial charge >= 0.3 is 27.9 Å². The molecule has 0 radical (unpaired) electrons. The van der Waals surface area contributed by atoms with E-state index in [1.165, 1.54) is 35.4 Å². The SMILES string of the molecule is CC(=O)OO[C@@H]1[C@H](OOC(C)=O)[C@@H](COS(=O)(=O)N=C([O-])c2ccccc2OCc2ccccc2)O[C@H]1[n+]1c[nH]c2c(N)ncnc21. The fourth-order valence-electron chi connectivity index (χ4n) is 4.48. The zero-order valence-electron chi connectivity index (χ0n) is 24.7. The fourth-order valence-corrected chi connectivity index (χ4v) is 5.14. The van der Waals surface area contributed by atoms with Crippen molar-refractivity contribution in [3.05, 3.63) is 78.4 Å². The molecular formula is C28H28N6O12S. The van der Waals surface area contributed by atoms with Crippen LogP contribution in [0.4, 0.5) is 5.82 Å². The van der Waals surface area contributed by atoms with E-state index in [0.29, 0.717) is 5.52 Å². The van der Waals surface area contributed by atoms with Gasteiger partial charge in [0.2, 0.25) is 11.7 Å². The van der Waals surface area contributed by atoms with E-state index in [2.05, 4.69) is 24.2 Å². The molecule has 4 aromatic rings. The van der Waals surface area contributed by atoms with Gasteiger partial charge in [-0.1, -0.05) is 53.5 Å². The van der Waals surface area contributed by atoms with Crippen molar-refractivity contribution in [2.45, 2.75) is 45.0 Å². The molecule has 2 aromatic heterocycles. The quantitative estimate of drug-likeness (QED) is 0.0629. The first-order valence-corrected chi connectivity index (χ1v) is 15.1. The predicted octanol–water partition coefficient (Wildman–Crippen LogP) is 0.0991. The Hall–Kier alpha value is -5.21. The number of carbonyl (C=O) groups is 2. The zero-order chi connectivity index (χ0) is 33.6. The van der Waals surface area contributed by atoms with Gasteiger partial charge < -0.3 is 20.3 Å². The van der Waals surface area contributed by atoms with Crippen LogP contribution in [0.25, 0.3) is 11.2 Å². The van der Waals surface area contributed by atoms with Crippen LogP contribution in [0.5, 0.6) is 5.75 Å². The van der Waals surface area contributed by atoms with Crippen molar-refractivity contribution >= 4 is 45.1 Å². The lowest BCUT2D eigenvalue weighted by Gasteiger charge is -2.20. The van der Waals surface area contributed by atoms with Gasteiger partial charge in [0.25, 0.3) is 0 Å². The van der Waals surface area contributed by atoms with Crippen molar-refractivity contribution in [1.82, 2.24) is 15.0 Å². The molecule has 3 heterocycles. The molecule has 0 unspecified atom stereocenters. The van der Waals surface area contributed by atoms with Crippen LogP contribution in [0.3, 0.4) is 0 Å². The maximum absolute atomic E-state index is 13.0. The minimum Gasteiger partial charge on any atom is -0.857 e. The third kappa shape index (κ3) is 8.15.